The third-order valence-corrected chi connectivity index (χ3v) is 2.89. The highest BCUT2D eigenvalue weighted by molar-refractivity contribution is 6.30. The van der Waals surface area contributed by atoms with Gasteiger partial charge in [0.2, 0.25) is 0 Å². The van der Waals surface area contributed by atoms with Crippen LogP contribution in [0.4, 0.5) is 0 Å². The van der Waals surface area contributed by atoms with Crippen LogP contribution < -0.4 is 0 Å². The zero-order chi connectivity index (χ0) is 13.1. The van der Waals surface area contributed by atoms with Crippen molar-refractivity contribution in [3.05, 3.63) is 71.0 Å². The van der Waals surface area contributed by atoms with Crippen molar-refractivity contribution in [1.29, 1.82) is 0 Å². The van der Waals surface area contributed by atoms with Crippen LogP contribution in [-0.2, 0) is 0 Å². The number of hydrogen-bond donors (Lipinski definition) is 0. The van der Waals surface area contributed by atoms with E-state index in [0.717, 1.165) is 16.6 Å². The van der Waals surface area contributed by atoms with Crippen LogP contribution in [0.2, 0.25) is 5.15 Å². The molecule has 0 fully saturated rings. The number of nitrogens with zero attached hydrogens (tertiary/aromatic N) is 2. The number of aromatic nitrogens is 2. The Bertz CT molecular complexity index is 786. The fraction of sp³-hybridized carbons (Fsp3) is 0. The van der Waals surface area contributed by atoms with Gasteiger partial charge in [-0.2, -0.15) is 0 Å². The van der Waals surface area contributed by atoms with E-state index >= 15 is 0 Å². The van der Waals surface area contributed by atoms with Crippen LogP contribution in [-0.4, -0.2) is 9.97 Å². The molecular formula is C16H9ClN2. The maximum Gasteiger partial charge on any atom is 0.164 e. The molecule has 0 unspecified atom stereocenters. The van der Waals surface area contributed by atoms with Crippen molar-refractivity contribution < 1.29 is 0 Å². The molecule has 0 spiro atoms. The van der Waals surface area contributed by atoms with E-state index in [4.69, 9.17) is 11.6 Å². The Morgan fingerprint density at radius 2 is 1.37 bits per heavy atom. The number of fused-ring (bicyclic) bond motifs is 1. The average molecular weight is 265 g/mol. The SMILES string of the molecule is Clc1nc2ccccc2nc1C#Cc1ccccc1. The van der Waals surface area contributed by atoms with Crippen LogP contribution >= 0.6 is 11.6 Å². The smallest absolute Gasteiger partial charge is 0.164 e. The summed E-state index contributed by atoms with van der Waals surface area (Å²) in [6.45, 7) is 0. The topological polar surface area (TPSA) is 25.8 Å². The molecule has 0 saturated heterocycles. The molecule has 2 nitrogen and oxygen atoms in total. The van der Waals surface area contributed by atoms with Crippen LogP contribution in [0.1, 0.15) is 11.3 Å². The van der Waals surface area contributed by atoms with Crippen LogP contribution in [0.5, 0.6) is 0 Å². The molecular weight excluding hydrogens is 256 g/mol. The molecule has 3 heteroatoms. The lowest BCUT2D eigenvalue weighted by atomic mass is 10.2. The molecule has 3 aromatic rings. The van der Waals surface area contributed by atoms with Crippen LogP contribution in [0.25, 0.3) is 11.0 Å². The summed E-state index contributed by atoms with van der Waals surface area (Å²) in [7, 11) is 0. The third-order valence-electron chi connectivity index (χ3n) is 2.63. The van der Waals surface area contributed by atoms with Gasteiger partial charge in [0, 0.05) is 5.56 Å². The lowest BCUT2D eigenvalue weighted by Gasteiger charge is -1.98. The monoisotopic (exact) mass is 264 g/mol. The van der Waals surface area contributed by atoms with E-state index in [2.05, 4.69) is 21.8 Å². The van der Waals surface area contributed by atoms with Gasteiger partial charge in [-0.15, -0.1) is 0 Å². The van der Waals surface area contributed by atoms with Crippen LogP contribution in [0, 0.1) is 11.8 Å². The molecule has 90 valence electrons. The van der Waals surface area contributed by atoms with Gasteiger partial charge >= 0.3 is 0 Å². The average Bonchev–Trinajstić information content (AvgIpc) is 2.46. The minimum absolute atomic E-state index is 0.335. The molecule has 3 rings (SSSR count). The summed E-state index contributed by atoms with van der Waals surface area (Å²) in [5.41, 5.74) is 3.00. The predicted molar refractivity (Wildman–Crippen MR) is 77.0 cm³/mol. The van der Waals surface area contributed by atoms with Gasteiger partial charge in [0.25, 0.3) is 0 Å². The first kappa shape index (κ1) is 11.7. The van der Waals surface area contributed by atoms with Gasteiger partial charge in [0.1, 0.15) is 0 Å². The van der Waals surface area contributed by atoms with E-state index in [1.165, 1.54) is 0 Å². The first-order valence-electron chi connectivity index (χ1n) is 5.82. The molecule has 0 aliphatic carbocycles. The molecule has 0 aliphatic heterocycles. The molecule has 0 amide bonds. The number of benzene rings is 2. The first-order valence-corrected chi connectivity index (χ1v) is 6.20. The zero-order valence-electron chi connectivity index (χ0n) is 9.97. The highest BCUT2D eigenvalue weighted by atomic mass is 35.5. The van der Waals surface area contributed by atoms with E-state index in [1.54, 1.807) is 0 Å². The van der Waals surface area contributed by atoms with Crippen LogP contribution in [0.3, 0.4) is 0 Å². The Morgan fingerprint density at radius 3 is 2.11 bits per heavy atom. The molecule has 0 aliphatic rings. The maximum atomic E-state index is 6.09. The maximum absolute atomic E-state index is 6.09. The largest absolute Gasteiger partial charge is 0.234 e. The third kappa shape index (κ3) is 2.57. The van der Waals surface area contributed by atoms with Gasteiger partial charge in [-0.1, -0.05) is 47.9 Å². The summed E-state index contributed by atoms with van der Waals surface area (Å²) >= 11 is 6.09. The summed E-state index contributed by atoms with van der Waals surface area (Å²) in [6.07, 6.45) is 0. The number of halogens is 1. The quantitative estimate of drug-likeness (QED) is 0.579. The molecule has 0 radical (unpaired) electrons. The van der Waals surface area contributed by atoms with Crippen LogP contribution in [0.15, 0.2) is 54.6 Å². The summed E-state index contributed by atoms with van der Waals surface area (Å²) in [4.78, 5) is 8.71. The number of hydrogen-bond acceptors (Lipinski definition) is 2. The molecule has 0 N–H and O–H groups in total. The van der Waals surface area contributed by atoms with Gasteiger partial charge in [0.15, 0.2) is 10.8 Å². The second-order valence-corrected chi connectivity index (χ2v) is 4.33. The number of para-hydroxylation sites is 2. The molecule has 0 bridgehead atoms. The van der Waals surface area contributed by atoms with Crippen molar-refractivity contribution in [3.63, 3.8) is 0 Å². The van der Waals surface area contributed by atoms with Crippen molar-refractivity contribution in [2.45, 2.75) is 0 Å². The Labute approximate surface area is 116 Å². The van der Waals surface area contributed by atoms with Crippen molar-refractivity contribution in [3.8, 4) is 11.8 Å². The van der Waals surface area contributed by atoms with Crippen molar-refractivity contribution in [1.82, 2.24) is 9.97 Å². The van der Waals surface area contributed by atoms with E-state index in [1.807, 2.05) is 54.6 Å². The zero-order valence-corrected chi connectivity index (χ0v) is 10.7. The molecule has 1 heterocycles. The summed E-state index contributed by atoms with van der Waals surface area (Å²) < 4.78 is 0. The van der Waals surface area contributed by atoms with Gasteiger partial charge < -0.3 is 0 Å². The Kier molecular flexibility index (Phi) is 3.14. The van der Waals surface area contributed by atoms with E-state index in [0.29, 0.717) is 10.8 Å². The minimum Gasteiger partial charge on any atom is -0.234 e. The van der Waals surface area contributed by atoms with Gasteiger partial charge in [0.05, 0.1) is 11.0 Å². The minimum atomic E-state index is 0.335. The summed E-state index contributed by atoms with van der Waals surface area (Å²) in [6, 6.07) is 17.3. The van der Waals surface area contributed by atoms with E-state index in [-0.39, 0.29) is 0 Å². The van der Waals surface area contributed by atoms with Crippen molar-refractivity contribution in [2.75, 3.05) is 0 Å². The van der Waals surface area contributed by atoms with E-state index in [9.17, 15) is 0 Å². The highest BCUT2D eigenvalue weighted by Gasteiger charge is 2.03. The Balaban J connectivity index is 2.06. The molecule has 0 atom stereocenters. The predicted octanol–water partition coefficient (Wildman–Crippen LogP) is 3.68. The molecule has 0 saturated carbocycles. The summed E-state index contributed by atoms with van der Waals surface area (Å²) in [5.74, 6) is 6.00. The fourth-order valence-electron chi connectivity index (χ4n) is 1.71. The van der Waals surface area contributed by atoms with Gasteiger partial charge in [-0.25, -0.2) is 9.97 Å². The van der Waals surface area contributed by atoms with Gasteiger partial charge in [-0.05, 0) is 30.2 Å². The molecule has 19 heavy (non-hydrogen) atoms. The molecule has 2 aromatic carbocycles. The van der Waals surface area contributed by atoms with Crippen molar-refractivity contribution in [2.24, 2.45) is 0 Å². The Morgan fingerprint density at radius 1 is 0.737 bits per heavy atom. The molecule has 1 aromatic heterocycles. The first-order chi connectivity index (χ1) is 9.33. The standard InChI is InChI=1S/C16H9ClN2/c17-16-15(11-10-12-6-2-1-3-7-12)18-13-8-4-5-9-14(13)19-16/h1-9H. The summed E-state index contributed by atoms with van der Waals surface area (Å²) in [5, 5.41) is 0.335. The van der Waals surface area contributed by atoms with Gasteiger partial charge in [-0.3, -0.25) is 0 Å². The van der Waals surface area contributed by atoms with Crippen molar-refractivity contribution >= 4 is 22.6 Å². The Hall–Kier alpha value is -2.37. The lowest BCUT2D eigenvalue weighted by Crippen LogP contribution is -1.90. The normalized spacial score (nSPS) is 9.95. The fourth-order valence-corrected chi connectivity index (χ4v) is 1.89. The highest BCUT2D eigenvalue weighted by Crippen LogP contribution is 2.16. The van der Waals surface area contributed by atoms with E-state index < -0.39 is 0 Å². The second kappa shape index (κ2) is 5.09. The number of rotatable bonds is 0. The second-order valence-electron chi connectivity index (χ2n) is 3.97. The lowest BCUT2D eigenvalue weighted by molar-refractivity contribution is 1.26.